The average molecular weight is 391 g/mol. The van der Waals surface area contributed by atoms with E-state index in [0.717, 1.165) is 28.9 Å². The molecule has 8 nitrogen and oxygen atoms in total. The number of hydrogen-bond donors (Lipinski definition) is 2. The molecule has 0 bridgehead atoms. The van der Waals surface area contributed by atoms with Crippen LogP contribution in [-0.4, -0.2) is 55.3 Å². The van der Waals surface area contributed by atoms with Gasteiger partial charge in [0.1, 0.15) is 12.1 Å². The number of urea groups is 1. The summed E-state index contributed by atoms with van der Waals surface area (Å²) in [7, 11) is -3.12. The fraction of sp³-hybridized carbons (Fsp3) is 0.500. The highest BCUT2D eigenvalue weighted by atomic mass is 32.2. The lowest BCUT2D eigenvalue weighted by Gasteiger charge is -2.33. The molecule has 1 spiro atoms. The van der Waals surface area contributed by atoms with E-state index in [-0.39, 0.29) is 11.5 Å². The quantitative estimate of drug-likeness (QED) is 0.708. The molecule has 9 heteroatoms. The van der Waals surface area contributed by atoms with Gasteiger partial charge in [0.15, 0.2) is 9.84 Å². The van der Waals surface area contributed by atoms with Crippen molar-refractivity contribution >= 4 is 27.7 Å². The minimum Gasteiger partial charge on any atom is -0.351 e. The fourth-order valence-corrected chi connectivity index (χ4v) is 5.95. The Morgan fingerprint density at radius 3 is 2.81 bits per heavy atom. The normalized spacial score (nSPS) is 28.9. The fourth-order valence-electron chi connectivity index (χ4n) is 4.28. The molecule has 0 unspecified atom stereocenters. The van der Waals surface area contributed by atoms with Crippen LogP contribution in [0.4, 0.5) is 4.79 Å². The second-order valence-corrected chi connectivity index (χ2v) is 9.63. The number of nitrogens with one attached hydrogen (secondary N) is 2. The first-order chi connectivity index (χ1) is 12.8. The minimum atomic E-state index is -3.12. The Kier molecular flexibility index (Phi) is 4.21. The van der Waals surface area contributed by atoms with Gasteiger partial charge in [-0.15, -0.1) is 0 Å². The maximum absolute atomic E-state index is 13.1. The third kappa shape index (κ3) is 3.09. The van der Waals surface area contributed by atoms with Crippen molar-refractivity contribution in [3.8, 4) is 0 Å². The molecule has 1 aromatic rings. The maximum atomic E-state index is 13.1. The van der Waals surface area contributed by atoms with Gasteiger partial charge in [-0.25, -0.2) is 13.2 Å². The van der Waals surface area contributed by atoms with Crippen LogP contribution >= 0.6 is 0 Å². The van der Waals surface area contributed by atoms with Crippen LogP contribution in [0.15, 0.2) is 24.3 Å². The largest absolute Gasteiger partial charge is 0.351 e. The van der Waals surface area contributed by atoms with Crippen LogP contribution in [0.3, 0.4) is 0 Å². The zero-order chi connectivity index (χ0) is 19.2. The molecular weight excluding hydrogens is 370 g/mol. The van der Waals surface area contributed by atoms with Gasteiger partial charge in [-0.2, -0.15) is 0 Å². The van der Waals surface area contributed by atoms with Gasteiger partial charge in [0.2, 0.25) is 5.91 Å². The minimum absolute atomic E-state index is 0.0426. The van der Waals surface area contributed by atoms with E-state index in [4.69, 9.17) is 0 Å². The molecule has 27 heavy (non-hydrogen) atoms. The van der Waals surface area contributed by atoms with Gasteiger partial charge in [-0.3, -0.25) is 14.5 Å². The zero-order valence-electron chi connectivity index (χ0n) is 14.7. The van der Waals surface area contributed by atoms with Gasteiger partial charge in [-0.05, 0) is 36.8 Å². The first-order valence-electron chi connectivity index (χ1n) is 9.03. The number of carbonyl (C=O) groups excluding carboxylic acids is 3. The molecule has 2 N–H and O–H groups in total. The summed E-state index contributed by atoms with van der Waals surface area (Å²) in [6.45, 7) is -0.412. The van der Waals surface area contributed by atoms with E-state index in [0.29, 0.717) is 12.8 Å². The number of fused-ring (bicyclic) bond motifs is 2. The Bertz CT molecular complexity index is 929. The van der Waals surface area contributed by atoms with Gasteiger partial charge in [-0.1, -0.05) is 24.3 Å². The summed E-state index contributed by atoms with van der Waals surface area (Å²) in [5.74, 6) is -1.01. The lowest BCUT2D eigenvalue weighted by Crippen LogP contribution is -2.48. The Morgan fingerprint density at radius 2 is 2.07 bits per heavy atom. The average Bonchev–Trinajstić information content (AvgIpc) is 3.07. The monoisotopic (exact) mass is 391 g/mol. The Balaban J connectivity index is 1.50. The van der Waals surface area contributed by atoms with Crippen molar-refractivity contribution in [1.82, 2.24) is 15.5 Å². The van der Waals surface area contributed by atoms with Crippen LogP contribution in [0, 0.1) is 0 Å². The summed E-state index contributed by atoms with van der Waals surface area (Å²) >= 11 is 0. The van der Waals surface area contributed by atoms with Crippen molar-refractivity contribution in [2.45, 2.75) is 37.3 Å². The van der Waals surface area contributed by atoms with Crippen LogP contribution in [0.5, 0.6) is 0 Å². The number of imide groups is 1. The lowest BCUT2D eigenvalue weighted by atomic mass is 9.76. The highest BCUT2D eigenvalue weighted by Gasteiger charge is 2.54. The molecule has 0 radical (unpaired) electrons. The van der Waals surface area contributed by atoms with Crippen molar-refractivity contribution in [3.63, 3.8) is 0 Å². The molecule has 2 fully saturated rings. The number of hydrogen-bond acceptors (Lipinski definition) is 5. The molecule has 2 atom stereocenters. The summed E-state index contributed by atoms with van der Waals surface area (Å²) in [6, 6.07) is 6.48. The van der Waals surface area contributed by atoms with Gasteiger partial charge < -0.3 is 10.6 Å². The van der Waals surface area contributed by atoms with Gasteiger partial charge >= 0.3 is 6.03 Å². The second-order valence-electron chi connectivity index (χ2n) is 7.40. The Labute approximate surface area is 157 Å². The van der Waals surface area contributed by atoms with E-state index in [1.807, 2.05) is 24.3 Å². The molecule has 4 rings (SSSR count). The standard InChI is InChI=1S/C18H21N3O5S/c22-15(19-13-7-9-27(25,26)11-13)10-21-16(23)18(20-17(21)24)8-3-5-12-4-1-2-6-14(12)18/h1-2,4,6,13H,3,5,7-11H2,(H,19,22)(H,20,24)/t13-,18-/m1/s1. The molecule has 3 aliphatic rings. The van der Waals surface area contributed by atoms with Crippen LogP contribution in [0.25, 0.3) is 0 Å². The van der Waals surface area contributed by atoms with Crippen LogP contribution < -0.4 is 10.6 Å². The summed E-state index contributed by atoms with van der Waals surface area (Å²) in [4.78, 5) is 38.8. The first kappa shape index (κ1) is 18.0. The highest BCUT2D eigenvalue weighted by molar-refractivity contribution is 7.91. The summed E-state index contributed by atoms with van der Waals surface area (Å²) < 4.78 is 23.0. The van der Waals surface area contributed by atoms with Crippen molar-refractivity contribution in [2.24, 2.45) is 0 Å². The summed E-state index contributed by atoms with van der Waals surface area (Å²) in [5, 5.41) is 5.42. The lowest BCUT2D eigenvalue weighted by molar-refractivity contribution is -0.135. The predicted molar refractivity (Wildman–Crippen MR) is 96.5 cm³/mol. The molecule has 4 amide bonds. The smallest absolute Gasteiger partial charge is 0.325 e. The number of sulfone groups is 1. The molecule has 1 aromatic carbocycles. The Hall–Kier alpha value is -2.42. The van der Waals surface area contributed by atoms with Gasteiger partial charge in [0.05, 0.1) is 11.5 Å². The van der Waals surface area contributed by atoms with Crippen LogP contribution in [0.1, 0.15) is 30.4 Å². The van der Waals surface area contributed by atoms with Crippen molar-refractivity contribution < 1.29 is 22.8 Å². The third-order valence-electron chi connectivity index (χ3n) is 5.55. The number of rotatable bonds is 3. The van der Waals surface area contributed by atoms with E-state index >= 15 is 0 Å². The Morgan fingerprint density at radius 1 is 1.30 bits per heavy atom. The number of nitrogens with zero attached hydrogens (tertiary/aromatic N) is 1. The molecule has 2 saturated heterocycles. The van der Waals surface area contributed by atoms with Crippen molar-refractivity contribution in [3.05, 3.63) is 35.4 Å². The number of aryl methyl sites for hydroxylation is 1. The molecule has 0 aromatic heterocycles. The number of amides is 4. The molecule has 2 heterocycles. The van der Waals surface area contributed by atoms with Crippen molar-refractivity contribution in [1.29, 1.82) is 0 Å². The van der Waals surface area contributed by atoms with Crippen LogP contribution in [0.2, 0.25) is 0 Å². The van der Waals surface area contributed by atoms with Crippen molar-refractivity contribution in [2.75, 3.05) is 18.1 Å². The number of carbonyl (C=O) groups is 3. The summed E-state index contributed by atoms with van der Waals surface area (Å²) in [6.07, 6.45) is 2.46. The van der Waals surface area contributed by atoms with Crippen LogP contribution in [-0.2, 0) is 31.4 Å². The molecule has 1 aliphatic carbocycles. The summed E-state index contributed by atoms with van der Waals surface area (Å²) in [5.41, 5.74) is 0.711. The van der Waals surface area contributed by atoms with Gasteiger partial charge in [0.25, 0.3) is 5.91 Å². The molecule has 144 valence electrons. The molecule has 2 aliphatic heterocycles. The molecule has 0 saturated carbocycles. The van der Waals surface area contributed by atoms with E-state index in [1.54, 1.807) is 0 Å². The second kappa shape index (κ2) is 6.33. The topological polar surface area (TPSA) is 113 Å². The predicted octanol–water partition coefficient (Wildman–Crippen LogP) is 0.0733. The maximum Gasteiger partial charge on any atom is 0.325 e. The zero-order valence-corrected chi connectivity index (χ0v) is 15.5. The highest BCUT2D eigenvalue weighted by Crippen LogP contribution is 2.39. The number of benzene rings is 1. The van der Waals surface area contributed by atoms with E-state index in [9.17, 15) is 22.8 Å². The first-order valence-corrected chi connectivity index (χ1v) is 10.9. The van der Waals surface area contributed by atoms with Gasteiger partial charge in [0, 0.05) is 6.04 Å². The molecular formula is C18H21N3O5S. The van der Waals surface area contributed by atoms with E-state index < -0.39 is 45.8 Å². The van der Waals surface area contributed by atoms with E-state index in [1.165, 1.54) is 0 Å². The third-order valence-corrected chi connectivity index (χ3v) is 7.32. The van der Waals surface area contributed by atoms with E-state index in [2.05, 4.69) is 10.6 Å². The SMILES string of the molecule is O=C(CN1C(=O)N[C@@]2(CCCc3ccccc32)C1=O)N[C@@H]1CCS(=O)(=O)C1.